The Hall–Kier alpha value is -2.27. The number of hydrogen-bond donors (Lipinski definition) is 0. The smallest absolute Gasteiger partial charge is 0.151 e. The van der Waals surface area contributed by atoms with Gasteiger partial charge in [-0.2, -0.15) is 5.10 Å². The molecule has 28 heavy (non-hydrogen) atoms. The average molecular weight is 379 g/mol. The number of Topliss-reactive ketones (excluding diaryl/α,β-unsaturated/α-hetero) is 1. The lowest BCUT2D eigenvalue weighted by atomic mass is 10.0. The van der Waals surface area contributed by atoms with Crippen LogP contribution in [0, 0.1) is 20.8 Å². The molecule has 5 heteroatoms. The highest BCUT2D eigenvalue weighted by Gasteiger charge is 2.32. The normalized spacial score (nSPS) is 19.1. The number of carbonyl (C=O) groups excluding carboxylic acids is 1. The average Bonchev–Trinajstić information content (AvgIpc) is 3.34. The summed E-state index contributed by atoms with van der Waals surface area (Å²) in [6, 6.07) is 6.80. The van der Waals surface area contributed by atoms with Gasteiger partial charge in [0.1, 0.15) is 0 Å². The number of aromatic nitrogens is 2. The number of nitrogens with zero attached hydrogens (tertiary/aromatic N) is 4. The topological polar surface area (TPSA) is 50.5 Å². The number of fused-ring (bicyclic) bond motifs is 1. The minimum absolute atomic E-state index is 0.278. The molecule has 1 aromatic heterocycles. The predicted molar refractivity (Wildman–Crippen MR) is 113 cm³/mol. The zero-order chi connectivity index (χ0) is 19.8. The van der Waals surface area contributed by atoms with Gasteiger partial charge in [-0.15, -0.1) is 0 Å². The molecule has 1 atom stereocenters. The number of benzene rings is 1. The molecule has 148 valence electrons. The first kappa shape index (κ1) is 19.1. The Morgan fingerprint density at radius 2 is 2.07 bits per heavy atom. The highest BCUT2D eigenvalue weighted by Crippen LogP contribution is 2.32. The zero-order valence-corrected chi connectivity index (χ0v) is 17.5. The molecule has 2 aliphatic rings. The minimum atomic E-state index is 0.278. The summed E-state index contributed by atoms with van der Waals surface area (Å²) in [4.78, 5) is 20.1. The van der Waals surface area contributed by atoms with Crippen molar-refractivity contribution in [2.75, 3.05) is 13.1 Å². The lowest BCUT2D eigenvalue weighted by Crippen LogP contribution is -2.40. The van der Waals surface area contributed by atoms with Crippen LogP contribution < -0.4 is 0 Å². The van der Waals surface area contributed by atoms with Crippen molar-refractivity contribution in [3.05, 3.63) is 46.3 Å². The van der Waals surface area contributed by atoms with Gasteiger partial charge in [-0.05, 0) is 58.7 Å². The van der Waals surface area contributed by atoms with Crippen molar-refractivity contribution in [2.24, 2.45) is 4.99 Å². The Labute approximate surface area is 167 Å². The summed E-state index contributed by atoms with van der Waals surface area (Å²) in [5.41, 5.74) is 8.16. The molecule has 2 aliphatic heterocycles. The van der Waals surface area contributed by atoms with Gasteiger partial charge in [0.05, 0.1) is 17.9 Å². The van der Waals surface area contributed by atoms with Crippen LogP contribution in [0.1, 0.15) is 47.8 Å². The van der Waals surface area contributed by atoms with Gasteiger partial charge in [-0.3, -0.25) is 19.4 Å². The van der Waals surface area contributed by atoms with E-state index in [0.29, 0.717) is 19.0 Å². The Bertz CT molecular complexity index is 940. The van der Waals surface area contributed by atoms with Crippen LogP contribution in [-0.2, 0) is 24.2 Å². The van der Waals surface area contributed by atoms with Crippen LogP contribution in [0.25, 0.3) is 0 Å². The van der Waals surface area contributed by atoms with Crippen molar-refractivity contribution in [3.63, 3.8) is 0 Å². The van der Waals surface area contributed by atoms with E-state index in [1.165, 1.54) is 16.8 Å². The SMILES string of the molecule is CCn1nc(C)c(CC(=O)CN2CCCC2C2=Nc3ccc(C)cc3C2)c1C. The summed E-state index contributed by atoms with van der Waals surface area (Å²) in [5.74, 6) is 0.278. The van der Waals surface area contributed by atoms with E-state index in [-0.39, 0.29) is 5.78 Å². The number of ketones is 1. The highest BCUT2D eigenvalue weighted by molar-refractivity contribution is 5.98. The van der Waals surface area contributed by atoms with Gasteiger partial charge in [0, 0.05) is 42.4 Å². The number of aliphatic imine (C=N–C) groups is 1. The Morgan fingerprint density at radius 3 is 2.82 bits per heavy atom. The maximum Gasteiger partial charge on any atom is 0.151 e. The van der Waals surface area contributed by atoms with Crippen LogP contribution in [0.5, 0.6) is 0 Å². The van der Waals surface area contributed by atoms with Crippen molar-refractivity contribution < 1.29 is 4.79 Å². The molecule has 3 heterocycles. The van der Waals surface area contributed by atoms with Crippen molar-refractivity contribution >= 4 is 17.2 Å². The third kappa shape index (κ3) is 3.55. The molecule has 4 rings (SSSR count). The molecule has 0 saturated carbocycles. The molecule has 1 aromatic carbocycles. The van der Waals surface area contributed by atoms with Crippen LogP contribution >= 0.6 is 0 Å². The maximum atomic E-state index is 12.9. The number of likely N-dealkylation sites (tertiary alicyclic amines) is 1. The second kappa shape index (κ2) is 7.63. The first-order chi connectivity index (χ1) is 13.5. The summed E-state index contributed by atoms with van der Waals surface area (Å²) in [6.45, 7) is 10.6. The number of hydrogen-bond acceptors (Lipinski definition) is 4. The summed E-state index contributed by atoms with van der Waals surface area (Å²) in [6.07, 6.45) is 3.64. The van der Waals surface area contributed by atoms with E-state index >= 15 is 0 Å². The number of rotatable bonds is 6. The van der Waals surface area contributed by atoms with Crippen LogP contribution in [0.15, 0.2) is 23.2 Å². The fourth-order valence-corrected chi connectivity index (χ4v) is 4.72. The lowest BCUT2D eigenvalue weighted by Gasteiger charge is -2.24. The van der Waals surface area contributed by atoms with Gasteiger partial charge >= 0.3 is 0 Å². The summed E-state index contributed by atoms with van der Waals surface area (Å²) in [5, 5.41) is 4.55. The van der Waals surface area contributed by atoms with Gasteiger partial charge in [-0.1, -0.05) is 17.7 Å². The van der Waals surface area contributed by atoms with E-state index in [1.54, 1.807) is 0 Å². The molecule has 0 amide bonds. The van der Waals surface area contributed by atoms with E-state index in [2.05, 4.69) is 49.0 Å². The molecule has 0 spiro atoms. The molecular weight excluding hydrogens is 348 g/mol. The lowest BCUT2D eigenvalue weighted by molar-refractivity contribution is -0.119. The van der Waals surface area contributed by atoms with Gasteiger partial charge in [0.2, 0.25) is 0 Å². The van der Waals surface area contributed by atoms with E-state index in [1.807, 2.05) is 11.6 Å². The number of aryl methyl sites for hydroxylation is 3. The van der Waals surface area contributed by atoms with E-state index < -0.39 is 0 Å². The fourth-order valence-electron chi connectivity index (χ4n) is 4.72. The quantitative estimate of drug-likeness (QED) is 0.769. The molecule has 5 nitrogen and oxygen atoms in total. The van der Waals surface area contributed by atoms with Crippen LogP contribution in [0.3, 0.4) is 0 Å². The molecule has 0 bridgehead atoms. The van der Waals surface area contributed by atoms with Crippen LogP contribution in [0.2, 0.25) is 0 Å². The largest absolute Gasteiger partial charge is 0.298 e. The van der Waals surface area contributed by atoms with Crippen molar-refractivity contribution in [3.8, 4) is 0 Å². The van der Waals surface area contributed by atoms with Gasteiger partial charge in [0.15, 0.2) is 5.78 Å². The van der Waals surface area contributed by atoms with Crippen molar-refractivity contribution in [2.45, 2.75) is 66.0 Å². The Balaban J connectivity index is 1.44. The molecule has 1 saturated heterocycles. The summed E-state index contributed by atoms with van der Waals surface area (Å²) < 4.78 is 1.99. The molecule has 0 N–H and O–H groups in total. The van der Waals surface area contributed by atoms with E-state index in [4.69, 9.17) is 4.99 Å². The monoisotopic (exact) mass is 378 g/mol. The third-order valence-corrected chi connectivity index (χ3v) is 6.20. The van der Waals surface area contributed by atoms with Crippen molar-refractivity contribution in [1.29, 1.82) is 0 Å². The molecule has 0 aliphatic carbocycles. The first-order valence-corrected chi connectivity index (χ1v) is 10.4. The van der Waals surface area contributed by atoms with Gasteiger partial charge < -0.3 is 0 Å². The summed E-state index contributed by atoms with van der Waals surface area (Å²) >= 11 is 0. The highest BCUT2D eigenvalue weighted by atomic mass is 16.1. The first-order valence-electron chi connectivity index (χ1n) is 10.4. The second-order valence-corrected chi connectivity index (χ2v) is 8.22. The minimum Gasteiger partial charge on any atom is -0.298 e. The van der Waals surface area contributed by atoms with E-state index in [0.717, 1.165) is 55.0 Å². The van der Waals surface area contributed by atoms with Crippen molar-refractivity contribution in [1.82, 2.24) is 14.7 Å². The Kier molecular flexibility index (Phi) is 5.19. The molecular formula is C23H30N4O. The summed E-state index contributed by atoms with van der Waals surface area (Å²) in [7, 11) is 0. The van der Waals surface area contributed by atoms with Crippen LogP contribution in [0.4, 0.5) is 5.69 Å². The zero-order valence-electron chi connectivity index (χ0n) is 17.5. The second-order valence-electron chi connectivity index (χ2n) is 8.22. The maximum absolute atomic E-state index is 12.9. The third-order valence-electron chi connectivity index (χ3n) is 6.20. The van der Waals surface area contributed by atoms with Crippen LogP contribution in [-0.4, -0.2) is 45.3 Å². The van der Waals surface area contributed by atoms with Gasteiger partial charge in [-0.25, -0.2) is 0 Å². The molecule has 2 aromatic rings. The Morgan fingerprint density at radius 1 is 1.25 bits per heavy atom. The molecule has 0 radical (unpaired) electrons. The fraction of sp³-hybridized carbons (Fsp3) is 0.522. The molecule has 1 fully saturated rings. The van der Waals surface area contributed by atoms with Gasteiger partial charge in [0.25, 0.3) is 0 Å². The van der Waals surface area contributed by atoms with E-state index in [9.17, 15) is 4.79 Å². The predicted octanol–water partition coefficient (Wildman–Crippen LogP) is 3.73. The molecule has 1 unspecified atom stereocenters. The standard InChI is InChI=1S/C23H30N4O/c1-5-27-17(4)20(16(3)25-27)13-19(28)14-26-10-6-7-23(26)22-12-18-11-15(2)8-9-21(18)24-22/h8-9,11,23H,5-7,10,12-14H2,1-4H3. The number of carbonyl (C=O) groups is 1.